The van der Waals surface area contributed by atoms with Gasteiger partial charge in [0.15, 0.2) is 5.75 Å². The monoisotopic (exact) mass is 289 g/mol. The zero-order valence-electron chi connectivity index (χ0n) is 11.7. The summed E-state index contributed by atoms with van der Waals surface area (Å²) >= 11 is 0. The van der Waals surface area contributed by atoms with Gasteiger partial charge in [-0.25, -0.2) is 13.6 Å². The number of primary sulfonamides is 1. The van der Waals surface area contributed by atoms with E-state index in [1.807, 2.05) is 20.0 Å². The van der Waals surface area contributed by atoms with Gasteiger partial charge < -0.3 is 4.74 Å². The highest BCUT2D eigenvalue weighted by Crippen LogP contribution is 2.16. The molecule has 19 heavy (non-hydrogen) atoms. The number of aryl methyl sites for hydroxylation is 1. The zero-order chi connectivity index (χ0) is 14.5. The molecule has 1 atom stereocenters. The van der Waals surface area contributed by atoms with Gasteiger partial charge in [0.2, 0.25) is 10.0 Å². The normalized spacial score (nSPS) is 13.7. The van der Waals surface area contributed by atoms with Crippen molar-refractivity contribution in [3.05, 3.63) is 12.4 Å². The molecular formula is C12H23N3O3S. The Morgan fingerprint density at radius 2 is 2.16 bits per heavy atom. The predicted molar refractivity (Wildman–Crippen MR) is 74.3 cm³/mol. The first-order chi connectivity index (χ1) is 8.81. The van der Waals surface area contributed by atoms with Gasteiger partial charge in [-0.1, -0.05) is 20.8 Å². The van der Waals surface area contributed by atoms with Gasteiger partial charge in [0, 0.05) is 12.5 Å². The molecule has 0 aromatic carbocycles. The van der Waals surface area contributed by atoms with E-state index in [1.165, 1.54) is 0 Å². The first kappa shape index (κ1) is 16.0. The van der Waals surface area contributed by atoms with E-state index in [9.17, 15) is 8.42 Å². The van der Waals surface area contributed by atoms with E-state index in [2.05, 4.69) is 12.0 Å². The molecule has 1 aromatic heterocycles. The molecule has 1 aromatic rings. The number of sulfonamides is 1. The van der Waals surface area contributed by atoms with E-state index in [4.69, 9.17) is 9.88 Å². The molecule has 0 spiro atoms. The molecule has 0 saturated carbocycles. The van der Waals surface area contributed by atoms with Crippen molar-refractivity contribution in [1.82, 2.24) is 9.78 Å². The van der Waals surface area contributed by atoms with Crippen molar-refractivity contribution in [2.45, 2.75) is 33.7 Å². The highest BCUT2D eigenvalue weighted by molar-refractivity contribution is 7.89. The standard InChI is InChI=1S/C12H23N3O3S/c1-4-5-15-7-12(6-14-15)18-8-11(10(2)3)9-19(13,16)17/h6-7,10-11H,4-5,8-9H2,1-3H3,(H2,13,16,17). The predicted octanol–water partition coefficient (Wildman–Crippen LogP) is 1.23. The molecule has 0 aliphatic rings. The van der Waals surface area contributed by atoms with Crippen LogP contribution in [0.5, 0.6) is 5.75 Å². The van der Waals surface area contributed by atoms with Gasteiger partial charge in [-0.15, -0.1) is 0 Å². The Kier molecular flexibility index (Phi) is 5.81. The van der Waals surface area contributed by atoms with Crippen LogP contribution in [0.3, 0.4) is 0 Å². The smallest absolute Gasteiger partial charge is 0.209 e. The summed E-state index contributed by atoms with van der Waals surface area (Å²) in [6.07, 6.45) is 4.46. The van der Waals surface area contributed by atoms with Crippen LogP contribution in [0.15, 0.2) is 12.4 Å². The minimum atomic E-state index is -3.48. The molecule has 0 saturated heterocycles. The van der Waals surface area contributed by atoms with E-state index in [-0.39, 0.29) is 17.6 Å². The van der Waals surface area contributed by atoms with E-state index in [0.717, 1.165) is 13.0 Å². The lowest BCUT2D eigenvalue weighted by atomic mass is 9.99. The Labute approximate surface area is 115 Å². The van der Waals surface area contributed by atoms with Crippen molar-refractivity contribution >= 4 is 10.0 Å². The molecule has 0 radical (unpaired) electrons. The van der Waals surface area contributed by atoms with Crippen LogP contribution in [0, 0.1) is 11.8 Å². The molecule has 0 bridgehead atoms. The fraction of sp³-hybridized carbons (Fsp3) is 0.750. The van der Waals surface area contributed by atoms with Gasteiger partial charge in [-0.05, 0) is 12.3 Å². The summed E-state index contributed by atoms with van der Waals surface area (Å²) in [5.41, 5.74) is 0. The third-order valence-corrected chi connectivity index (χ3v) is 3.81. The molecule has 1 rings (SSSR count). The summed E-state index contributed by atoms with van der Waals surface area (Å²) in [5.74, 6) is 0.662. The highest BCUT2D eigenvalue weighted by Gasteiger charge is 2.20. The van der Waals surface area contributed by atoms with E-state index >= 15 is 0 Å². The highest BCUT2D eigenvalue weighted by atomic mass is 32.2. The van der Waals surface area contributed by atoms with Crippen molar-refractivity contribution in [2.75, 3.05) is 12.4 Å². The van der Waals surface area contributed by atoms with Crippen LogP contribution in [0.1, 0.15) is 27.2 Å². The number of rotatable bonds is 8. The van der Waals surface area contributed by atoms with Gasteiger partial charge >= 0.3 is 0 Å². The van der Waals surface area contributed by atoms with Crippen LogP contribution >= 0.6 is 0 Å². The maximum Gasteiger partial charge on any atom is 0.209 e. The lowest BCUT2D eigenvalue weighted by Gasteiger charge is -2.19. The first-order valence-electron chi connectivity index (χ1n) is 6.47. The number of hydrogen-bond donors (Lipinski definition) is 1. The van der Waals surface area contributed by atoms with Crippen LogP contribution in [-0.4, -0.2) is 30.6 Å². The summed E-state index contributed by atoms with van der Waals surface area (Å²) in [6.45, 7) is 7.16. The Morgan fingerprint density at radius 3 is 2.68 bits per heavy atom. The number of nitrogens with zero attached hydrogens (tertiary/aromatic N) is 2. The van der Waals surface area contributed by atoms with Gasteiger partial charge in [0.25, 0.3) is 0 Å². The van der Waals surface area contributed by atoms with E-state index in [0.29, 0.717) is 12.4 Å². The van der Waals surface area contributed by atoms with Crippen molar-refractivity contribution in [2.24, 2.45) is 17.0 Å². The van der Waals surface area contributed by atoms with Crippen LogP contribution in [0.4, 0.5) is 0 Å². The zero-order valence-corrected chi connectivity index (χ0v) is 12.6. The minimum Gasteiger partial charge on any atom is -0.490 e. The number of aromatic nitrogens is 2. The van der Waals surface area contributed by atoms with Gasteiger partial charge in [-0.2, -0.15) is 5.10 Å². The second kappa shape index (κ2) is 6.91. The fourth-order valence-corrected chi connectivity index (χ4v) is 2.78. The van der Waals surface area contributed by atoms with Gasteiger partial charge in [-0.3, -0.25) is 4.68 Å². The molecule has 110 valence electrons. The maximum absolute atomic E-state index is 11.2. The molecule has 2 N–H and O–H groups in total. The van der Waals surface area contributed by atoms with Crippen molar-refractivity contribution < 1.29 is 13.2 Å². The Hall–Kier alpha value is -1.08. The summed E-state index contributed by atoms with van der Waals surface area (Å²) in [5, 5.41) is 9.24. The second-order valence-corrected chi connectivity index (χ2v) is 6.74. The number of hydrogen-bond acceptors (Lipinski definition) is 4. The summed E-state index contributed by atoms with van der Waals surface area (Å²) < 4.78 is 29.7. The summed E-state index contributed by atoms with van der Waals surface area (Å²) in [7, 11) is -3.48. The van der Waals surface area contributed by atoms with Crippen molar-refractivity contribution in [3.8, 4) is 5.75 Å². The maximum atomic E-state index is 11.2. The van der Waals surface area contributed by atoms with Gasteiger partial charge in [0.05, 0.1) is 24.8 Å². The van der Waals surface area contributed by atoms with E-state index < -0.39 is 10.0 Å². The second-order valence-electron chi connectivity index (χ2n) is 5.08. The lowest BCUT2D eigenvalue weighted by Crippen LogP contribution is -2.30. The SMILES string of the molecule is CCCn1cc(OCC(CS(N)(=O)=O)C(C)C)cn1. The quantitative estimate of drug-likeness (QED) is 0.779. The number of nitrogens with two attached hydrogens (primary N) is 1. The molecule has 0 aliphatic carbocycles. The third kappa shape index (κ3) is 6.07. The third-order valence-electron chi connectivity index (χ3n) is 2.92. The largest absolute Gasteiger partial charge is 0.490 e. The lowest BCUT2D eigenvalue weighted by molar-refractivity contribution is 0.224. The van der Waals surface area contributed by atoms with E-state index in [1.54, 1.807) is 10.9 Å². The van der Waals surface area contributed by atoms with Crippen molar-refractivity contribution in [1.29, 1.82) is 0 Å². The fourth-order valence-electron chi connectivity index (χ4n) is 1.71. The first-order valence-corrected chi connectivity index (χ1v) is 8.19. The minimum absolute atomic E-state index is 0.0617. The Bertz CT molecular complexity index is 482. The molecule has 1 heterocycles. The van der Waals surface area contributed by atoms with Crippen LogP contribution in [-0.2, 0) is 16.6 Å². The molecule has 7 heteroatoms. The van der Waals surface area contributed by atoms with Crippen LogP contribution in [0.25, 0.3) is 0 Å². The topological polar surface area (TPSA) is 87.2 Å². The molecular weight excluding hydrogens is 266 g/mol. The summed E-state index contributed by atoms with van der Waals surface area (Å²) in [4.78, 5) is 0. The molecule has 0 amide bonds. The van der Waals surface area contributed by atoms with Crippen LogP contribution in [0.2, 0.25) is 0 Å². The van der Waals surface area contributed by atoms with Gasteiger partial charge in [0.1, 0.15) is 0 Å². The average molecular weight is 289 g/mol. The van der Waals surface area contributed by atoms with Crippen LogP contribution < -0.4 is 9.88 Å². The molecule has 0 aliphatic heterocycles. The number of ether oxygens (including phenoxy) is 1. The van der Waals surface area contributed by atoms with Crippen molar-refractivity contribution in [3.63, 3.8) is 0 Å². The molecule has 6 nitrogen and oxygen atoms in total. The molecule has 0 fully saturated rings. The summed E-state index contributed by atoms with van der Waals surface area (Å²) in [6, 6.07) is 0. The molecule has 1 unspecified atom stereocenters. The average Bonchev–Trinajstić information content (AvgIpc) is 2.71. The Morgan fingerprint density at radius 1 is 1.47 bits per heavy atom. The Balaban J connectivity index is 2.55.